The Morgan fingerprint density at radius 1 is 1.43 bits per heavy atom. The van der Waals surface area contributed by atoms with Crippen LogP contribution in [-0.2, 0) is 4.74 Å². The zero-order chi connectivity index (χ0) is 10.4. The van der Waals surface area contributed by atoms with E-state index in [0.29, 0.717) is 12.0 Å². The van der Waals surface area contributed by atoms with E-state index in [-0.39, 0.29) is 0 Å². The smallest absolute Gasteiger partial charge is 0.141 e. The maximum absolute atomic E-state index is 5.62. The molecule has 0 aliphatic carbocycles. The Bertz CT molecular complexity index is 213. The first-order valence-electron chi connectivity index (χ1n) is 5.84. The summed E-state index contributed by atoms with van der Waals surface area (Å²) < 4.78 is 5.62. The van der Waals surface area contributed by atoms with Crippen LogP contribution >= 0.6 is 0 Å². The standard InChI is InChI=1S/C13H22O/c1-4-6-7-8-9-12-10-11(3)14-13(12)5-2/h11-12H,2,4,6-10H2,1,3H3. The van der Waals surface area contributed by atoms with Crippen molar-refractivity contribution in [2.24, 2.45) is 5.92 Å². The van der Waals surface area contributed by atoms with E-state index in [4.69, 9.17) is 4.74 Å². The lowest BCUT2D eigenvalue weighted by Crippen LogP contribution is -1.98. The number of ether oxygens (including phenoxy) is 1. The molecule has 0 aromatic rings. The van der Waals surface area contributed by atoms with Crippen LogP contribution in [-0.4, -0.2) is 6.10 Å². The number of hydrogen-bond donors (Lipinski definition) is 0. The van der Waals surface area contributed by atoms with Gasteiger partial charge in [-0.15, -0.1) is 0 Å². The molecule has 2 atom stereocenters. The van der Waals surface area contributed by atoms with Crippen molar-refractivity contribution < 1.29 is 4.74 Å². The summed E-state index contributed by atoms with van der Waals surface area (Å²) in [6.07, 6.45) is 8.12. The molecule has 1 nitrogen and oxygen atoms in total. The molecule has 1 aliphatic rings. The van der Waals surface area contributed by atoms with Gasteiger partial charge < -0.3 is 4.74 Å². The minimum Gasteiger partial charge on any atom is -0.487 e. The lowest BCUT2D eigenvalue weighted by atomic mass is 9.96. The number of unbranched alkanes of at least 4 members (excludes halogenated alkanes) is 3. The van der Waals surface area contributed by atoms with E-state index in [1.807, 2.05) is 0 Å². The first kappa shape index (κ1) is 11.4. The summed E-state index contributed by atoms with van der Waals surface area (Å²) in [6.45, 7) is 8.06. The van der Waals surface area contributed by atoms with Gasteiger partial charge in [0.15, 0.2) is 0 Å². The highest BCUT2D eigenvalue weighted by Gasteiger charge is 2.27. The lowest BCUT2D eigenvalue weighted by molar-refractivity contribution is 0.177. The van der Waals surface area contributed by atoms with E-state index >= 15 is 0 Å². The van der Waals surface area contributed by atoms with E-state index in [1.54, 1.807) is 0 Å². The average molecular weight is 194 g/mol. The van der Waals surface area contributed by atoms with Gasteiger partial charge in [0.05, 0.1) is 6.10 Å². The van der Waals surface area contributed by atoms with Crippen molar-refractivity contribution in [3.8, 4) is 0 Å². The van der Waals surface area contributed by atoms with Crippen LogP contribution in [0.2, 0.25) is 0 Å². The fourth-order valence-corrected chi connectivity index (χ4v) is 2.12. The zero-order valence-electron chi connectivity index (χ0n) is 9.51. The molecule has 14 heavy (non-hydrogen) atoms. The molecule has 0 bridgehead atoms. The molecule has 1 saturated heterocycles. The predicted molar refractivity (Wildman–Crippen MR) is 60.1 cm³/mol. The van der Waals surface area contributed by atoms with Crippen LogP contribution in [0.15, 0.2) is 18.1 Å². The third-order valence-electron chi connectivity index (χ3n) is 2.90. The fourth-order valence-electron chi connectivity index (χ4n) is 2.12. The Morgan fingerprint density at radius 3 is 2.86 bits per heavy atom. The van der Waals surface area contributed by atoms with Crippen LogP contribution < -0.4 is 0 Å². The number of hydrogen-bond acceptors (Lipinski definition) is 1. The van der Waals surface area contributed by atoms with E-state index in [9.17, 15) is 0 Å². The van der Waals surface area contributed by atoms with Crippen molar-refractivity contribution in [2.45, 2.75) is 58.5 Å². The van der Waals surface area contributed by atoms with Gasteiger partial charge in [0.1, 0.15) is 5.76 Å². The molecule has 1 heteroatoms. The van der Waals surface area contributed by atoms with Crippen LogP contribution in [0.3, 0.4) is 0 Å². The maximum Gasteiger partial charge on any atom is 0.141 e. The Balaban J connectivity index is 2.26. The quantitative estimate of drug-likeness (QED) is 0.474. The fraction of sp³-hybridized carbons (Fsp3) is 0.769. The van der Waals surface area contributed by atoms with Crippen LogP contribution in [0.5, 0.6) is 0 Å². The summed E-state index contributed by atoms with van der Waals surface area (Å²) in [5.74, 6) is 1.60. The molecule has 1 heterocycles. The van der Waals surface area contributed by atoms with Crippen molar-refractivity contribution in [1.29, 1.82) is 0 Å². The molecule has 2 unspecified atom stereocenters. The lowest BCUT2D eigenvalue weighted by Gasteiger charge is -2.06. The number of allylic oxidation sites excluding steroid dienone is 1. The summed E-state index contributed by atoms with van der Waals surface area (Å²) in [4.78, 5) is 0. The molecular formula is C13H22O. The SMILES string of the molecule is C=C=C1OC(C)CC1CCCCCC. The normalized spacial score (nSPS) is 26.0. The second-order valence-corrected chi connectivity index (χ2v) is 4.25. The highest BCUT2D eigenvalue weighted by molar-refractivity contribution is 5.01. The van der Waals surface area contributed by atoms with Crippen LogP contribution in [0.25, 0.3) is 0 Å². The first-order valence-corrected chi connectivity index (χ1v) is 5.84. The Kier molecular flexibility index (Phi) is 4.82. The molecule has 1 aliphatic heterocycles. The summed E-state index contributed by atoms with van der Waals surface area (Å²) in [6, 6.07) is 0. The third-order valence-corrected chi connectivity index (χ3v) is 2.90. The van der Waals surface area contributed by atoms with Crippen molar-refractivity contribution in [1.82, 2.24) is 0 Å². The van der Waals surface area contributed by atoms with Crippen LogP contribution in [0, 0.1) is 5.92 Å². The molecule has 1 rings (SSSR count). The monoisotopic (exact) mass is 194 g/mol. The molecule has 0 radical (unpaired) electrons. The van der Waals surface area contributed by atoms with E-state index in [1.165, 1.54) is 32.1 Å². The van der Waals surface area contributed by atoms with E-state index in [2.05, 4.69) is 26.2 Å². The second kappa shape index (κ2) is 5.93. The van der Waals surface area contributed by atoms with Gasteiger partial charge in [-0.2, -0.15) is 0 Å². The highest BCUT2D eigenvalue weighted by atomic mass is 16.5. The molecule has 80 valence electrons. The van der Waals surface area contributed by atoms with E-state index in [0.717, 1.165) is 12.2 Å². The molecule has 1 fully saturated rings. The van der Waals surface area contributed by atoms with E-state index < -0.39 is 0 Å². The summed E-state index contributed by atoms with van der Waals surface area (Å²) in [5, 5.41) is 0. The minimum atomic E-state index is 0.371. The molecule has 0 spiro atoms. The zero-order valence-corrected chi connectivity index (χ0v) is 9.51. The second-order valence-electron chi connectivity index (χ2n) is 4.25. The minimum absolute atomic E-state index is 0.371. The maximum atomic E-state index is 5.62. The summed E-state index contributed by atoms with van der Waals surface area (Å²) in [7, 11) is 0. The largest absolute Gasteiger partial charge is 0.487 e. The van der Waals surface area contributed by atoms with Gasteiger partial charge >= 0.3 is 0 Å². The van der Waals surface area contributed by atoms with Gasteiger partial charge in [0.2, 0.25) is 0 Å². The van der Waals surface area contributed by atoms with Crippen molar-refractivity contribution in [2.75, 3.05) is 0 Å². The van der Waals surface area contributed by atoms with Crippen molar-refractivity contribution in [3.05, 3.63) is 18.1 Å². The van der Waals surface area contributed by atoms with Gasteiger partial charge in [0, 0.05) is 5.92 Å². The molecular weight excluding hydrogens is 172 g/mol. The molecule has 0 saturated carbocycles. The van der Waals surface area contributed by atoms with Crippen molar-refractivity contribution >= 4 is 0 Å². The summed E-state index contributed by atoms with van der Waals surface area (Å²) >= 11 is 0. The van der Waals surface area contributed by atoms with Gasteiger partial charge in [-0.1, -0.05) is 44.9 Å². The average Bonchev–Trinajstić information content (AvgIpc) is 2.54. The molecule has 0 aromatic heterocycles. The summed E-state index contributed by atoms with van der Waals surface area (Å²) in [5.41, 5.74) is 2.93. The highest BCUT2D eigenvalue weighted by Crippen LogP contribution is 2.32. The van der Waals surface area contributed by atoms with Gasteiger partial charge in [-0.3, -0.25) is 0 Å². The third kappa shape index (κ3) is 3.23. The van der Waals surface area contributed by atoms with Crippen LogP contribution in [0.1, 0.15) is 52.4 Å². The van der Waals surface area contributed by atoms with Crippen LogP contribution in [0.4, 0.5) is 0 Å². The topological polar surface area (TPSA) is 9.23 Å². The van der Waals surface area contributed by atoms with Gasteiger partial charge in [-0.25, -0.2) is 0 Å². The molecule has 0 aromatic carbocycles. The predicted octanol–water partition coefficient (Wildman–Crippen LogP) is 4.05. The van der Waals surface area contributed by atoms with Crippen molar-refractivity contribution in [3.63, 3.8) is 0 Å². The van der Waals surface area contributed by atoms with Gasteiger partial charge in [-0.05, 0) is 19.8 Å². The molecule has 0 amide bonds. The van der Waals surface area contributed by atoms with Gasteiger partial charge in [0.25, 0.3) is 0 Å². The Hall–Kier alpha value is -0.680. The first-order chi connectivity index (χ1) is 6.77. The number of rotatable bonds is 5. The Morgan fingerprint density at radius 2 is 2.21 bits per heavy atom. The molecule has 0 N–H and O–H groups in total. The Labute approximate surface area is 87.8 Å².